The molecule has 0 saturated carbocycles. The normalized spacial score (nSPS) is 13.2. The lowest BCUT2D eigenvalue weighted by molar-refractivity contribution is 0.354. The van der Waals surface area contributed by atoms with E-state index in [-0.39, 0.29) is 0 Å². The van der Waals surface area contributed by atoms with E-state index >= 15 is 0 Å². The van der Waals surface area contributed by atoms with Gasteiger partial charge in [0.15, 0.2) is 0 Å². The molecule has 0 amide bonds. The van der Waals surface area contributed by atoms with Crippen molar-refractivity contribution in [2.75, 3.05) is 11.9 Å². The topological polar surface area (TPSA) is 39.1 Å². The molecular weight excluding hydrogens is 250 g/mol. The summed E-state index contributed by atoms with van der Waals surface area (Å²) in [6.45, 7) is 1.41. The Kier molecular flexibility index (Phi) is 2.88. The van der Waals surface area contributed by atoms with Crippen LogP contribution < -0.4 is 10.1 Å². The number of aromatic nitrogens is 2. The highest BCUT2D eigenvalue weighted by molar-refractivity contribution is 6.30. The fourth-order valence-corrected chi connectivity index (χ4v) is 2.44. The van der Waals surface area contributed by atoms with Crippen molar-refractivity contribution in [3.63, 3.8) is 0 Å². The second-order valence-electron chi connectivity index (χ2n) is 4.38. The molecule has 4 nitrogen and oxygen atoms in total. The van der Waals surface area contributed by atoms with Gasteiger partial charge >= 0.3 is 0 Å². The van der Waals surface area contributed by atoms with Gasteiger partial charge in [-0.25, -0.2) is 0 Å². The lowest BCUT2D eigenvalue weighted by atomic mass is 10.1. The van der Waals surface area contributed by atoms with Crippen LogP contribution in [-0.2, 0) is 20.0 Å². The summed E-state index contributed by atoms with van der Waals surface area (Å²) in [7, 11) is 1.89. The van der Waals surface area contributed by atoms with Crippen LogP contribution in [0, 0.1) is 0 Å². The number of anilines is 1. The molecule has 1 aromatic carbocycles. The minimum atomic E-state index is 0.667. The predicted molar refractivity (Wildman–Crippen MR) is 71.2 cm³/mol. The minimum absolute atomic E-state index is 0.667. The molecule has 0 aliphatic carbocycles. The largest absolute Gasteiger partial charge is 0.493 e. The number of fused-ring (bicyclic) bond motifs is 1. The van der Waals surface area contributed by atoms with Gasteiger partial charge in [0.25, 0.3) is 0 Å². The molecule has 0 atom stereocenters. The summed E-state index contributed by atoms with van der Waals surface area (Å²) in [6.07, 6.45) is 2.84. The highest BCUT2D eigenvalue weighted by Crippen LogP contribution is 2.33. The van der Waals surface area contributed by atoms with Crippen molar-refractivity contribution in [3.8, 4) is 5.75 Å². The van der Waals surface area contributed by atoms with Gasteiger partial charge in [-0.2, -0.15) is 5.10 Å². The maximum atomic E-state index is 6.11. The Morgan fingerprint density at radius 3 is 3.17 bits per heavy atom. The second kappa shape index (κ2) is 4.53. The zero-order chi connectivity index (χ0) is 12.5. The average Bonchev–Trinajstić information content (AvgIpc) is 2.94. The Bertz CT molecular complexity index is 580. The van der Waals surface area contributed by atoms with Crippen molar-refractivity contribution in [2.45, 2.75) is 13.0 Å². The summed E-state index contributed by atoms with van der Waals surface area (Å²) in [4.78, 5) is 0. The molecule has 18 heavy (non-hydrogen) atoms. The Balaban J connectivity index is 1.80. The van der Waals surface area contributed by atoms with Gasteiger partial charge in [-0.05, 0) is 17.7 Å². The summed E-state index contributed by atoms with van der Waals surface area (Å²) in [5, 5.41) is 8.30. The van der Waals surface area contributed by atoms with Crippen molar-refractivity contribution in [2.24, 2.45) is 7.05 Å². The Labute approximate surface area is 111 Å². The molecule has 0 unspecified atom stereocenters. The molecule has 1 aromatic heterocycles. The van der Waals surface area contributed by atoms with Crippen LogP contribution in [0.25, 0.3) is 0 Å². The van der Waals surface area contributed by atoms with Gasteiger partial charge in [-0.3, -0.25) is 4.68 Å². The van der Waals surface area contributed by atoms with Crippen LogP contribution in [0.15, 0.2) is 24.4 Å². The molecule has 3 rings (SSSR count). The summed E-state index contributed by atoms with van der Waals surface area (Å²) < 4.78 is 7.42. The molecule has 0 saturated heterocycles. The molecule has 2 aromatic rings. The quantitative estimate of drug-likeness (QED) is 0.925. The summed E-state index contributed by atoms with van der Waals surface area (Å²) in [6, 6.07) is 5.86. The standard InChI is InChI=1S/C13H14ClN3O/c1-17-4-2-12(16-17)15-8-10-7-11(14)6-9-3-5-18-13(9)10/h2,4,6-7H,3,5,8H2,1H3,(H,15,16). The first kappa shape index (κ1) is 11.4. The molecule has 1 aliphatic rings. The SMILES string of the molecule is Cn1ccc(NCc2cc(Cl)cc3c2OCC3)n1. The smallest absolute Gasteiger partial charge is 0.148 e. The molecule has 0 bridgehead atoms. The summed E-state index contributed by atoms with van der Waals surface area (Å²) >= 11 is 6.11. The maximum absolute atomic E-state index is 6.11. The summed E-state index contributed by atoms with van der Waals surface area (Å²) in [5.74, 6) is 1.83. The van der Waals surface area contributed by atoms with Gasteiger partial charge in [0.05, 0.1) is 6.61 Å². The molecule has 0 spiro atoms. The molecule has 1 N–H and O–H groups in total. The van der Waals surface area contributed by atoms with Gasteiger partial charge in [0.2, 0.25) is 0 Å². The van der Waals surface area contributed by atoms with E-state index in [1.54, 1.807) is 4.68 Å². The van der Waals surface area contributed by atoms with Gasteiger partial charge < -0.3 is 10.1 Å². The third-order valence-corrected chi connectivity index (χ3v) is 3.22. The van der Waals surface area contributed by atoms with Crippen molar-refractivity contribution >= 4 is 17.4 Å². The highest BCUT2D eigenvalue weighted by Gasteiger charge is 2.17. The molecule has 5 heteroatoms. The number of aryl methyl sites for hydroxylation is 1. The minimum Gasteiger partial charge on any atom is -0.493 e. The Morgan fingerprint density at radius 2 is 2.39 bits per heavy atom. The number of benzene rings is 1. The molecule has 1 aliphatic heterocycles. The van der Waals surface area contributed by atoms with E-state index in [9.17, 15) is 0 Å². The number of nitrogens with one attached hydrogen (secondary N) is 1. The Hall–Kier alpha value is -1.68. The van der Waals surface area contributed by atoms with Crippen molar-refractivity contribution in [1.29, 1.82) is 0 Å². The Morgan fingerprint density at radius 1 is 1.50 bits per heavy atom. The van der Waals surface area contributed by atoms with Crippen LogP contribution >= 0.6 is 11.6 Å². The van der Waals surface area contributed by atoms with Crippen LogP contribution in [-0.4, -0.2) is 16.4 Å². The zero-order valence-corrected chi connectivity index (χ0v) is 10.9. The van der Waals surface area contributed by atoms with Crippen LogP contribution in [0.4, 0.5) is 5.82 Å². The first-order valence-corrected chi connectivity index (χ1v) is 6.28. The van der Waals surface area contributed by atoms with Gasteiger partial charge in [-0.1, -0.05) is 11.6 Å². The number of rotatable bonds is 3. The van der Waals surface area contributed by atoms with Crippen molar-refractivity contribution in [1.82, 2.24) is 9.78 Å². The molecular formula is C13H14ClN3O. The number of hydrogen-bond acceptors (Lipinski definition) is 3. The maximum Gasteiger partial charge on any atom is 0.148 e. The van der Waals surface area contributed by atoms with Crippen molar-refractivity contribution < 1.29 is 4.74 Å². The lowest BCUT2D eigenvalue weighted by Crippen LogP contribution is -2.02. The van der Waals surface area contributed by atoms with E-state index < -0.39 is 0 Å². The highest BCUT2D eigenvalue weighted by atomic mass is 35.5. The van der Waals surface area contributed by atoms with Crippen LogP contribution in [0.3, 0.4) is 0 Å². The number of halogens is 1. The number of nitrogens with zero attached hydrogens (tertiary/aromatic N) is 2. The number of hydrogen-bond donors (Lipinski definition) is 1. The van der Waals surface area contributed by atoms with E-state index in [4.69, 9.17) is 16.3 Å². The van der Waals surface area contributed by atoms with Crippen LogP contribution in [0.5, 0.6) is 5.75 Å². The summed E-state index contributed by atoms with van der Waals surface area (Å²) in [5.41, 5.74) is 2.28. The van der Waals surface area contributed by atoms with E-state index in [0.717, 1.165) is 35.2 Å². The second-order valence-corrected chi connectivity index (χ2v) is 4.82. The van der Waals surface area contributed by atoms with Gasteiger partial charge in [-0.15, -0.1) is 0 Å². The van der Waals surface area contributed by atoms with Crippen molar-refractivity contribution in [3.05, 3.63) is 40.5 Å². The van der Waals surface area contributed by atoms with E-state index in [1.807, 2.05) is 31.4 Å². The predicted octanol–water partition coefficient (Wildman–Crippen LogP) is 2.62. The third kappa shape index (κ3) is 2.16. The van der Waals surface area contributed by atoms with E-state index in [1.165, 1.54) is 5.56 Å². The molecule has 0 fully saturated rings. The third-order valence-electron chi connectivity index (χ3n) is 3.00. The molecule has 2 heterocycles. The van der Waals surface area contributed by atoms with Crippen LogP contribution in [0.2, 0.25) is 5.02 Å². The van der Waals surface area contributed by atoms with Gasteiger partial charge in [0.1, 0.15) is 11.6 Å². The van der Waals surface area contributed by atoms with E-state index in [0.29, 0.717) is 6.54 Å². The lowest BCUT2D eigenvalue weighted by Gasteiger charge is -2.09. The van der Waals surface area contributed by atoms with Crippen LogP contribution in [0.1, 0.15) is 11.1 Å². The zero-order valence-electron chi connectivity index (χ0n) is 10.1. The molecule has 94 valence electrons. The van der Waals surface area contributed by atoms with Gasteiger partial charge in [0, 0.05) is 42.9 Å². The van der Waals surface area contributed by atoms with E-state index in [2.05, 4.69) is 10.4 Å². The first-order chi connectivity index (χ1) is 8.72. The fraction of sp³-hybridized carbons (Fsp3) is 0.308. The monoisotopic (exact) mass is 263 g/mol. The molecule has 0 radical (unpaired) electrons. The number of ether oxygens (including phenoxy) is 1. The first-order valence-electron chi connectivity index (χ1n) is 5.90. The fourth-order valence-electron chi connectivity index (χ4n) is 2.17. The average molecular weight is 264 g/mol.